The minimum Gasteiger partial charge on any atom is -0.544 e. The highest BCUT2D eigenvalue weighted by atomic mass is 32.1. The van der Waals surface area contributed by atoms with Crippen molar-refractivity contribution in [3.8, 4) is 10.6 Å². The highest BCUT2D eigenvalue weighted by molar-refractivity contribution is 7.17. The Balaban J connectivity index is 1.95. The summed E-state index contributed by atoms with van der Waals surface area (Å²) >= 11 is 0.899. The molecule has 0 bridgehead atoms. The molecule has 2 aromatic carbocycles. The first-order valence-corrected chi connectivity index (χ1v) is 8.09. The molecule has 128 valence electrons. The van der Waals surface area contributed by atoms with Gasteiger partial charge >= 0.3 is 6.18 Å². The highest BCUT2D eigenvalue weighted by Gasteiger charge is 2.30. The van der Waals surface area contributed by atoms with Gasteiger partial charge in [0.05, 0.1) is 22.1 Å². The fourth-order valence-electron chi connectivity index (χ4n) is 2.35. The minimum atomic E-state index is -4.42. The van der Waals surface area contributed by atoms with Crippen molar-refractivity contribution >= 4 is 17.3 Å². The average molecular weight is 362 g/mol. The third kappa shape index (κ3) is 3.88. The Morgan fingerprint density at radius 2 is 1.68 bits per heavy atom. The number of carbonyl (C=O) groups is 1. The van der Waals surface area contributed by atoms with Crippen LogP contribution in [0.25, 0.3) is 10.6 Å². The van der Waals surface area contributed by atoms with Gasteiger partial charge < -0.3 is 9.90 Å². The van der Waals surface area contributed by atoms with Gasteiger partial charge in [0.1, 0.15) is 5.01 Å². The molecule has 0 aliphatic rings. The van der Waals surface area contributed by atoms with Crippen molar-refractivity contribution in [2.75, 3.05) is 0 Å². The van der Waals surface area contributed by atoms with E-state index < -0.39 is 17.7 Å². The molecule has 3 nitrogen and oxygen atoms in total. The lowest BCUT2D eigenvalue weighted by molar-refractivity contribution is -0.254. The molecule has 0 spiro atoms. The number of hydrogen-bond donors (Lipinski definition) is 0. The Morgan fingerprint density at radius 1 is 1.04 bits per heavy atom. The molecule has 0 saturated heterocycles. The lowest BCUT2D eigenvalue weighted by Crippen LogP contribution is -2.22. The number of nitrogens with zero attached hydrogens (tertiary/aromatic N) is 1. The standard InChI is InChI=1S/C18H12F3NO2S/c19-18(20,21)13-8-6-12(7-9-13)16-22-14(15(25-16)17(23)24)10-11-4-2-1-3-5-11/h1-9H,10H2,(H,23,24)/p-1. The molecule has 0 saturated carbocycles. The summed E-state index contributed by atoms with van der Waals surface area (Å²) in [4.78, 5) is 15.6. The van der Waals surface area contributed by atoms with Crippen LogP contribution in [0.15, 0.2) is 54.6 Å². The van der Waals surface area contributed by atoms with Crippen LogP contribution in [0.3, 0.4) is 0 Å². The maximum Gasteiger partial charge on any atom is 0.416 e. The number of aromatic nitrogens is 1. The fraction of sp³-hybridized carbons (Fsp3) is 0.111. The third-order valence-electron chi connectivity index (χ3n) is 3.56. The van der Waals surface area contributed by atoms with Gasteiger partial charge in [-0.05, 0) is 17.7 Å². The van der Waals surface area contributed by atoms with E-state index in [1.165, 1.54) is 12.1 Å². The first-order chi connectivity index (χ1) is 11.8. The van der Waals surface area contributed by atoms with Crippen molar-refractivity contribution in [2.24, 2.45) is 0 Å². The molecule has 0 fully saturated rings. The van der Waals surface area contributed by atoms with E-state index in [1.54, 1.807) is 0 Å². The summed E-state index contributed by atoms with van der Waals surface area (Å²) in [6, 6.07) is 13.7. The van der Waals surface area contributed by atoms with Gasteiger partial charge in [0.25, 0.3) is 0 Å². The van der Waals surface area contributed by atoms with Crippen LogP contribution in [-0.4, -0.2) is 11.0 Å². The predicted molar refractivity (Wildman–Crippen MR) is 86.1 cm³/mol. The third-order valence-corrected chi connectivity index (χ3v) is 4.68. The van der Waals surface area contributed by atoms with Crippen LogP contribution in [-0.2, 0) is 12.6 Å². The van der Waals surface area contributed by atoms with E-state index in [0.717, 1.165) is 29.0 Å². The van der Waals surface area contributed by atoms with E-state index in [2.05, 4.69) is 4.98 Å². The van der Waals surface area contributed by atoms with Crippen LogP contribution in [0, 0.1) is 0 Å². The summed E-state index contributed by atoms with van der Waals surface area (Å²) in [6.07, 6.45) is -4.11. The van der Waals surface area contributed by atoms with E-state index in [1.807, 2.05) is 30.3 Å². The van der Waals surface area contributed by atoms with Crippen molar-refractivity contribution in [3.05, 3.63) is 76.3 Å². The molecule has 7 heteroatoms. The zero-order valence-corrected chi connectivity index (χ0v) is 13.5. The predicted octanol–water partition coefficient (Wildman–Crippen LogP) is 3.78. The second-order valence-electron chi connectivity index (χ2n) is 5.32. The van der Waals surface area contributed by atoms with Crippen molar-refractivity contribution in [1.29, 1.82) is 0 Å². The van der Waals surface area contributed by atoms with Crippen molar-refractivity contribution in [1.82, 2.24) is 4.98 Å². The molecule has 0 atom stereocenters. The number of alkyl halides is 3. The van der Waals surface area contributed by atoms with Gasteiger partial charge in [-0.25, -0.2) is 4.98 Å². The van der Waals surface area contributed by atoms with E-state index in [9.17, 15) is 23.1 Å². The molecule has 25 heavy (non-hydrogen) atoms. The van der Waals surface area contributed by atoms with E-state index in [4.69, 9.17) is 0 Å². The largest absolute Gasteiger partial charge is 0.544 e. The summed E-state index contributed by atoms with van der Waals surface area (Å²) in [5.74, 6) is -1.35. The number of aromatic carboxylic acids is 1. The molecule has 0 radical (unpaired) electrons. The van der Waals surface area contributed by atoms with Crippen molar-refractivity contribution < 1.29 is 23.1 Å². The van der Waals surface area contributed by atoms with Gasteiger partial charge in [-0.15, -0.1) is 11.3 Å². The topological polar surface area (TPSA) is 53.0 Å². The highest BCUT2D eigenvalue weighted by Crippen LogP contribution is 2.33. The van der Waals surface area contributed by atoms with E-state index in [0.29, 0.717) is 22.7 Å². The van der Waals surface area contributed by atoms with Gasteiger partial charge in [0.2, 0.25) is 0 Å². The van der Waals surface area contributed by atoms with Crippen LogP contribution in [0.4, 0.5) is 13.2 Å². The second kappa shape index (κ2) is 6.68. The number of carboxylic acid groups (broad SMARTS) is 1. The molecule has 1 aromatic heterocycles. The van der Waals surface area contributed by atoms with Crippen molar-refractivity contribution in [3.63, 3.8) is 0 Å². The molecule has 3 aromatic rings. The van der Waals surface area contributed by atoms with Crippen LogP contribution < -0.4 is 5.11 Å². The number of halogens is 3. The molecular formula is C18H11F3NO2S-. The van der Waals surface area contributed by atoms with E-state index >= 15 is 0 Å². The average Bonchev–Trinajstić information content (AvgIpc) is 2.99. The molecule has 1 heterocycles. The normalized spacial score (nSPS) is 11.5. The quantitative estimate of drug-likeness (QED) is 0.710. The van der Waals surface area contributed by atoms with Crippen LogP contribution in [0.2, 0.25) is 0 Å². The summed E-state index contributed by atoms with van der Waals surface area (Å²) in [6.45, 7) is 0. The second-order valence-corrected chi connectivity index (χ2v) is 6.32. The lowest BCUT2D eigenvalue weighted by atomic mass is 10.1. The van der Waals surface area contributed by atoms with Crippen LogP contribution in [0.5, 0.6) is 0 Å². The monoisotopic (exact) mass is 362 g/mol. The summed E-state index contributed by atoms with van der Waals surface area (Å²) in [7, 11) is 0. The smallest absolute Gasteiger partial charge is 0.416 e. The van der Waals surface area contributed by atoms with Gasteiger partial charge in [-0.2, -0.15) is 13.2 Å². The number of hydrogen-bond acceptors (Lipinski definition) is 4. The Labute approximate surface area is 145 Å². The Hall–Kier alpha value is -2.67. The van der Waals surface area contributed by atoms with Crippen LogP contribution in [0.1, 0.15) is 26.5 Å². The molecule has 3 rings (SSSR count). The lowest BCUT2D eigenvalue weighted by Gasteiger charge is -2.06. The SMILES string of the molecule is O=C([O-])c1sc(-c2ccc(C(F)(F)F)cc2)nc1Cc1ccccc1. The molecule has 0 aliphatic heterocycles. The van der Waals surface area contributed by atoms with Gasteiger partial charge in [-0.1, -0.05) is 42.5 Å². The zero-order chi connectivity index (χ0) is 18.0. The molecule has 0 unspecified atom stereocenters. The number of carboxylic acids is 1. The van der Waals surface area contributed by atoms with Gasteiger partial charge in [0.15, 0.2) is 0 Å². The maximum atomic E-state index is 12.6. The van der Waals surface area contributed by atoms with Crippen LogP contribution >= 0.6 is 11.3 Å². The summed E-state index contributed by atoms with van der Waals surface area (Å²) in [5, 5.41) is 11.7. The first kappa shape index (κ1) is 17.2. The maximum absolute atomic E-state index is 12.6. The van der Waals surface area contributed by atoms with Gasteiger partial charge in [0, 0.05) is 12.0 Å². The van der Waals surface area contributed by atoms with Crippen molar-refractivity contribution in [2.45, 2.75) is 12.6 Å². The Kier molecular flexibility index (Phi) is 4.59. The molecule has 0 aliphatic carbocycles. The summed E-state index contributed by atoms with van der Waals surface area (Å²) < 4.78 is 37.9. The summed E-state index contributed by atoms with van der Waals surface area (Å²) in [5.41, 5.74) is 0.887. The Morgan fingerprint density at radius 3 is 2.24 bits per heavy atom. The molecule has 0 N–H and O–H groups in total. The molecular weight excluding hydrogens is 351 g/mol. The molecule has 0 amide bonds. The number of carbonyl (C=O) groups excluding carboxylic acids is 1. The van der Waals surface area contributed by atoms with Gasteiger partial charge in [-0.3, -0.25) is 0 Å². The zero-order valence-electron chi connectivity index (χ0n) is 12.7. The fourth-order valence-corrected chi connectivity index (χ4v) is 3.27. The van der Waals surface area contributed by atoms with E-state index in [-0.39, 0.29) is 4.88 Å². The minimum absolute atomic E-state index is 0.0150. The Bertz CT molecular complexity index is 887. The number of thiazole rings is 1. The number of rotatable bonds is 4. The number of benzene rings is 2. The first-order valence-electron chi connectivity index (χ1n) is 7.27.